The van der Waals surface area contributed by atoms with Gasteiger partial charge in [-0.1, -0.05) is 15.9 Å². The van der Waals surface area contributed by atoms with Gasteiger partial charge in [-0.25, -0.2) is 0 Å². The summed E-state index contributed by atoms with van der Waals surface area (Å²) in [6.45, 7) is 1.45. The van der Waals surface area contributed by atoms with Crippen molar-refractivity contribution in [3.05, 3.63) is 28.2 Å². The Balaban J connectivity index is 2.19. The Morgan fingerprint density at radius 2 is 2.29 bits per heavy atom. The second-order valence-corrected chi connectivity index (χ2v) is 4.10. The highest BCUT2D eigenvalue weighted by atomic mass is 79.9. The van der Waals surface area contributed by atoms with E-state index in [1.54, 1.807) is 0 Å². The number of benzene rings is 1. The van der Waals surface area contributed by atoms with Crippen LogP contribution in [0.5, 0.6) is 0 Å². The van der Waals surface area contributed by atoms with E-state index in [0.717, 1.165) is 23.4 Å². The van der Waals surface area contributed by atoms with Crippen molar-refractivity contribution in [2.24, 2.45) is 0 Å². The summed E-state index contributed by atoms with van der Waals surface area (Å²) in [6, 6.07) is 8.14. The van der Waals surface area contributed by atoms with Gasteiger partial charge in [0.25, 0.3) is 0 Å². The van der Waals surface area contributed by atoms with E-state index >= 15 is 0 Å². The van der Waals surface area contributed by atoms with Crippen LogP contribution in [0.4, 0.5) is 5.69 Å². The van der Waals surface area contributed by atoms with Crippen molar-refractivity contribution in [1.29, 1.82) is 5.26 Å². The van der Waals surface area contributed by atoms with Gasteiger partial charge in [-0.05, 0) is 18.2 Å². The first-order valence-electron chi connectivity index (χ1n) is 4.33. The van der Waals surface area contributed by atoms with Gasteiger partial charge in [-0.2, -0.15) is 5.26 Å². The molecule has 1 fully saturated rings. The zero-order chi connectivity index (χ0) is 9.97. The zero-order valence-corrected chi connectivity index (χ0v) is 9.04. The summed E-state index contributed by atoms with van der Waals surface area (Å²) in [5.41, 5.74) is 1.54. The smallest absolute Gasteiger partial charge is 0.101 e. The average Bonchev–Trinajstić information content (AvgIpc) is 2.13. The maximum Gasteiger partial charge on any atom is 0.101 e. The number of ether oxygens (including phenoxy) is 1. The van der Waals surface area contributed by atoms with Crippen LogP contribution in [0.1, 0.15) is 5.56 Å². The minimum atomic E-state index is 0.350. The third-order valence-electron chi connectivity index (χ3n) is 2.10. The third-order valence-corrected chi connectivity index (χ3v) is 2.59. The van der Waals surface area contributed by atoms with Crippen LogP contribution < -0.4 is 5.32 Å². The maximum atomic E-state index is 8.90. The largest absolute Gasteiger partial charge is 0.377 e. The molecule has 1 heterocycles. The molecule has 14 heavy (non-hydrogen) atoms. The Kier molecular flexibility index (Phi) is 2.71. The Labute approximate surface area is 90.8 Å². The van der Waals surface area contributed by atoms with Crippen LogP contribution in [0.2, 0.25) is 0 Å². The topological polar surface area (TPSA) is 45.0 Å². The normalized spacial score (nSPS) is 15.7. The molecule has 1 aromatic carbocycles. The van der Waals surface area contributed by atoms with Crippen molar-refractivity contribution in [2.75, 3.05) is 18.5 Å². The molecule has 3 nitrogen and oxygen atoms in total. The average molecular weight is 253 g/mol. The quantitative estimate of drug-likeness (QED) is 0.878. The molecule has 0 saturated carbocycles. The molecule has 0 amide bonds. The SMILES string of the molecule is N#Cc1cc(Br)ccc1NC1COC1. The van der Waals surface area contributed by atoms with Gasteiger partial charge in [-0.3, -0.25) is 0 Å². The van der Waals surface area contributed by atoms with Crippen molar-refractivity contribution in [1.82, 2.24) is 0 Å². The predicted octanol–water partition coefficient (Wildman–Crippen LogP) is 2.13. The number of nitrogens with zero attached hydrogens (tertiary/aromatic N) is 1. The highest BCUT2D eigenvalue weighted by Gasteiger charge is 2.18. The van der Waals surface area contributed by atoms with Gasteiger partial charge in [0.05, 0.1) is 30.5 Å². The first-order valence-corrected chi connectivity index (χ1v) is 5.13. The van der Waals surface area contributed by atoms with Gasteiger partial charge >= 0.3 is 0 Å². The van der Waals surface area contributed by atoms with E-state index in [-0.39, 0.29) is 0 Å². The molecular weight excluding hydrogens is 244 g/mol. The lowest BCUT2D eigenvalue weighted by molar-refractivity contribution is 0.0211. The molecule has 0 atom stereocenters. The standard InChI is InChI=1S/C10H9BrN2O/c11-8-1-2-10(7(3-8)4-12)13-9-5-14-6-9/h1-3,9,13H,5-6H2. The van der Waals surface area contributed by atoms with Gasteiger partial charge < -0.3 is 10.1 Å². The van der Waals surface area contributed by atoms with Crippen LogP contribution in [0.25, 0.3) is 0 Å². The lowest BCUT2D eigenvalue weighted by Crippen LogP contribution is -2.40. The number of nitrogens with one attached hydrogen (secondary N) is 1. The third kappa shape index (κ3) is 1.89. The van der Waals surface area contributed by atoms with Crippen LogP contribution in [-0.2, 0) is 4.74 Å². The van der Waals surface area contributed by atoms with E-state index in [1.807, 2.05) is 18.2 Å². The first-order chi connectivity index (χ1) is 6.79. The van der Waals surface area contributed by atoms with E-state index in [2.05, 4.69) is 27.3 Å². The van der Waals surface area contributed by atoms with Gasteiger partial charge in [-0.15, -0.1) is 0 Å². The summed E-state index contributed by atoms with van der Waals surface area (Å²) < 4.78 is 5.97. The molecule has 1 aliphatic rings. The van der Waals surface area contributed by atoms with Crippen molar-refractivity contribution in [3.8, 4) is 6.07 Å². The summed E-state index contributed by atoms with van der Waals surface area (Å²) in [6.07, 6.45) is 0. The number of nitriles is 1. The van der Waals surface area contributed by atoms with Gasteiger partial charge in [0.15, 0.2) is 0 Å². The van der Waals surface area contributed by atoms with Gasteiger partial charge in [0.1, 0.15) is 6.07 Å². The van der Waals surface area contributed by atoms with Crippen LogP contribution in [0.15, 0.2) is 22.7 Å². The minimum Gasteiger partial charge on any atom is -0.377 e. The van der Waals surface area contributed by atoms with E-state index < -0.39 is 0 Å². The number of rotatable bonds is 2. The summed E-state index contributed by atoms with van der Waals surface area (Å²) in [7, 11) is 0. The van der Waals surface area contributed by atoms with E-state index in [4.69, 9.17) is 10.00 Å². The molecule has 1 saturated heterocycles. The van der Waals surface area contributed by atoms with Crippen molar-refractivity contribution >= 4 is 21.6 Å². The molecule has 0 bridgehead atoms. The molecule has 72 valence electrons. The molecule has 0 aliphatic carbocycles. The lowest BCUT2D eigenvalue weighted by atomic mass is 10.1. The fraction of sp³-hybridized carbons (Fsp3) is 0.300. The fourth-order valence-corrected chi connectivity index (χ4v) is 1.63. The Morgan fingerprint density at radius 1 is 1.50 bits per heavy atom. The van der Waals surface area contributed by atoms with E-state index in [0.29, 0.717) is 11.6 Å². The van der Waals surface area contributed by atoms with Crippen LogP contribution in [0.3, 0.4) is 0 Å². The molecule has 2 rings (SSSR count). The molecule has 0 unspecified atom stereocenters. The first kappa shape index (κ1) is 9.50. The monoisotopic (exact) mass is 252 g/mol. The lowest BCUT2D eigenvalue weighted by Gasteiger charge is -2.28. The highest BCUT2D eigenvalue weighted by Crippen LogP contribution is 2.22. The molecule has 1 aliphatic heterocycles. The van der Waals surface area contributed by atoms with Crippen LogP contribution in [-0.4, -0.2) is 19.3 Å². The molecule has 1 N–H and O–H groups in total. The fourth-order valence-electron chi connectivity index (χ4n) is 1.27. The molecule has 4 heteroatoms. The van der Waals surface area contributed by atoms with Gasteiger partial charge in [0, 0.05) is 4.47 Å². The molecule has 1 aromatic rings. The number of anilines is 1. The second kappa shape index (κ2) is 3.99. The van der Waals surface area contributed by atoms with Crippen molar-refractivity contribution in [3.63, 3.8) is 0 Å². The number of hydrogen-bond acceptors (Lipinski definition) is 3. The van der Waals surface area contributed by atoms with Gasteiger partial charge in [0.2, 0.25) is 0 Å². The predicted molar refractivity (Wildman–Crippen MR) is 57.1 cm³/mol. The molecule has 0 radical (unpaired) electrons. The number of hydrogen-bond donors (Lipinski definition) is 1. The zero-order valence-electron chi connectivity index (χ0n) is 7.46. The van der Waals surface area contributed by atoms with Crippen molar-refractivity contribution in [2.45, 2.75) is 6.04 Å². The van der Waals surface area contributed by atoms with Crippen LogP contribution >= 0.6 is 15.9 Å². The Morgan fingerprint density at radius 3 is 2.86 bits per heavy atom. The molecule has 0 spiro atoms. The second-order valence-electron chi connectivity index (χ2n) is 3.18. The minimum absolute atomic E-state index is 0.350. The molecule has 0 aromatic heterocycles. The van der Waals surface area contributed by atoms with Crippen molar-refractivity contribution < 1.29 is 4.74 Å². The summed E-state index contributed by atoms with van der Waals surface area (Å²) in [5, 5.41) is 12.2. The van der Waals surface area contributed by atoms with E-state index in [9.17, 15) is 0 Å². The molecular formula is C10H9BrN2O. The maximum absolute atomic E-state index is 8.90. The number of halogens is 1. The highest BCUT2D eigenvalue weighted by molar-refractivity contribution is 9.10. The summed E-state index contributed by atoms with van der Waals surface area (Å²) in [4.78, 5) is 0. The summed E-state index contributed by atoms with van der Waals surface area (Å²) in [5.74, 6) is 0. The van der Waals surface area contributed by atoms with Crippen LogP contribution in [0, 0.1) is 11.3 Å². The summed E-state index contributed by atoms with van der Waals surface area (Å²) >= 11 is 3.33. The Bertz CT molecular complexity index is 382. The van der Waals surface area contributed by atoms with E-state index in [1.165, 1.54) is 0 Å². The Hall–Kier alpha value is -1.05.